The Labute approximate surface area is 79.6 Å². The third-order valence-corrected chi connectivity index (χ3v) is 2.23. The average Bonchev–Trinajstić information content (AvgIpc) is 1.80. The van der Waals surface area contributed by atoms with Crippen LogP contribution >= 0.6 is 0 Å². The molecule has 0 heterocycles. The molecular weight excluding hydrogens is 166 g/mol. The molecule has 0 aromatic heterocycles. The van der Waals surface area contributed by atoms with Crippen molar-refractivity contribution in [3.05, 3.63) is 0 Å². The third-order valence-electron chi connectivity index (χ3n) is 2.23. The first kappa shape index (κ1) is 10.5. The smallest absolute Gasteiger partial charge is 0.326 e. The Bertz CT molecular complexity index is 211. The van der Waals surface area contributed by atoms with E-state index in [0.717, 1.165) is 12.8 Å². The predicted molar refractivity (Wildman–Crippen MR) is 51.2 cm³/mol. The minimum atomic E-state index is -0.702. The van der Waals surface area contributed by atoms with Gasteiger partial charge in [-0.1, -0.05) is 6.92 Å². The quantitative estimate of drug-likeness (QED) is 0.629. The van der Waals surface area contributed by atoms with E-state index < -0.39 is 11.1 Å². The van der Waals surface area contributed by atoms with Gasteiger partial charge in [0.25, 0.3) is 0 Å². The van der Waals surface area contributed by atoms with E-state index in [1.807, 2.05) is 20.8 Å². The summed E-state index contributed by atoms with van der Waals surface area (Å²) in [7, 11) is 0. The largest absolute Gasteiger partial charge is 0.459 e. The number of carbonyl (C=O) groups excluding carboxylic acids is 1. The molecule has 1 rings (SSSR count). The molecule has 1 aliphatic carbocycles. The van der Waals surface area contributed by atoms with Crippen LogP contribution in [0.2, 0.25) is 0 Å². The Balaban J connectivity index is 2.50. The van der Waals surface area contributed by atoms with Gasteiger partial charge in [-0.25, -0.2) is 0 Å². The van der Waals surface area contributed by atoms with E-state index in [4.69, 9.17) is 10.5 Å². The maximum atomic E-state index is 11.6. The molecule has 0 unspecified atom stereocenters. The Morgan fingerprint density at radius 2 is 1.92 bits per heavy atom. The van der Waals surface area contributed by atoms with Crippen molar-refractivity contribution >= 4 is 5.97 Å². The molecular formula is C10H19NO2. The predicted octanol–water partition coefficient (Wildman–Crippen LogP) is 1.46. The number of carbonyl (C=O) groups is 1. The molecule has 0 amide bonds. The fourth-order valence-corrected chi connectivity index (χ4v) is 1.73. The van der Waals surface area contributed by atoms with Crippen LogP contribution in [0.5, 0.6) is 0 Å². The number of rotatable bonds is 1. The summed E-state index contributed by atoms with van der Waals surface area (Å²) >= 11 is 0. The van der Waals surface area contributed by atoms with Gasteiger partial charge in [0, 0.05) is 0 Å². The Hall–Kier alpha value is -0.570. The minimum absolute atomic E-state index is 0.252. The molecule has 3 nitrogen and oxygen atoms in total. The molecule has 0 aliphatic heterocycles. The van der Waals surface area contributed by atoms with E-state index in [9.17, 15) is 4.79 Å². The van der Waals surface area contributed by atoms with Gasteiger partial charge in [0.15, 0.2) is 0 Å². The van der Waals surface area contributed by atoms with Crippen LogP contribution in [0.25, 0.3) is 0 Å². The molecule has 0 spiro atoms. The molecule has 0 saturated heterocycles. The second kappa shape index (κ2) is 2.98. The van der Waals surface area contributed by atoms with Crippen LogP contribution in [0.3, 0.4) is 0 Å². The summed E-state index contributed by atoms with van der Waals surface area (Å²) in [5.74, 6) is 0.301. The third kappa shape index (κ3) is 2.44. The highest BCUT2D eigenvalue weighted by molar-refractivity contribution is 5.82. The zero-order valence-electron chi connectivity index (χ0n) is 8.89. The summed E-state index contributed by atoms with van der Waals surface area (Å²) < 4.78 is 5.23. The van der Waals surface area contributed by atoms with Gasteiger partial charge in [-0.3, -0.25) is 4.79 Å². The summed E-state index contributed by atoms with van der Waals surface area (Å²) in [5.41, 5.74) is 4.74. The van der Waals surface area contributed by atoms with Crippen LogP contribution in [-0.2, 0) is 9.53 Å². The van der Waals surface area contributed by atoms with Crippen molar-refractivity contribution in [2.24, 2.45) is 11.7 Å². The molecule has 1 saturated carbocycles. The zero-order valence-corrected chi connectivity index (χ0v) is 8.89. The van der Waals surface area contributed by atoms with Crippen molar-refractivity contribution in [3.8, 4) is 0 Å². The fourth-order valence-electron chi connectivity index (χ4n) is 1.73. The maximum absolute atomic E-state index is 11.6. The molecule has 0 aromatic carbocycles. The molecule has 3 heteroatoms. The van der Waals surface area contributed by atoms with Crippen LogP contribution in [0.15, 0.2) is 0 Å². The molecule has 1 fully saturated rings. The van der Waals surface area contributed by atoms with Gasteiger partial charge >= 0.3 is 5.97 Å². The monoisotopic (exact) mass is 185 g/mol. The Morgan fingerprint density at radius 3 is 2.23 bits per heavy atom. The van der Waals surface area contributed by atoms with E-state index in [-0.39, 0.29) is 5.97 Å². The van der Waals surface area contributed by atoms with E-state index in [2.05, 4.69) is 6.92 Å². The maximum Gasteiger partial charge on any atom is 0.326 e. The second-order valence-electron chi connectivity index (χ2n) is 5.17. The lowest BCUT2D eigenvalue weighted by Gasteiger charge is -2.42. The van der Waals surface area contributed by atoms with Gasteiger partial charge < -0.3 is 10.5 Å². The lowest BCUT2D eigenvalue weighted by molar-refractivity contribution is -0.167. The normalized spacial score (nSPS) is 33.8. The van der Waals surface area contributed by atoms with E-state index in [0.29, 0.717) is 5.92 Å². The lowest BCUT2D eigenvalue weighted by atomic mass is 9.70. The van der Waals surface area contributed by atoms with Gasteiger partial charge in [-0.05, 0) is 39.5 Å². The molecule has 0 bridgehead atoms. The average molecular weight is 185 g/mol. The van der Waals surface area contributed by atoms with Crippen molar-refractivity contribution in [2.75, 3.05) is 0 Å². The van der Waals surface area contributed by atoms with Crippen molar-refractivity contribution < 1.29 is 9.53 Å². The Morgan fingerprint density at radius 1 is 1.46 bits per heavy atom. The van der Waals surface area contributed by atoms with Crippen LogP contribution in [0.1, 0.15) is 40.5 Å². The second-order valence-corrected chi connectivity index (χ2v) is 5.17. The van der Waals surface area contributed by atoms with Crippen molar-refractivity contribution in [1.82, 2.24) is 0 Å². The first-order chi connectivity index (χ1) is 5.73. The number of esters is 1. The molecule has 0 atom stereocenters. The number of ether oxygens (including phenoxy) is 1. The van der Waals surface area contributed by atoms with Crippen LogP contribution in [0, 0.1) is 5.92 Å². The van der Waals surface area contributed by atoms with Gasteiger partial charge in [0.2, 0.25) is 0 Å². The fraction of sp³-hybridized carbons (Fsp3) is 0.900. The summed E-state index contributed by atoms with van der Waals surface area (Å²) in [5, 5.41) is 0. The summed E-state index contributed by atoms with van der Waals surface area (Å²) in [6.45, 7) is 7.67. The first-order valence-electron chi connectivity index (χ1n) is 4.75. The minimum Gasteiger partial charge on any atom is -0.459 e. The van der Waals surface area contributed by atoms with Crippen LogP contribution < -0.4 is 5.73 Å². The van der Waals surface area contributed by atoms with E-state index >= 15 is 0 Å². The Kier molecular flexibility index (Phi) is 2.41. The first-order valence-corrected chi connectivity index (χ1v) is 4.75. The number of hydrogen-bond donors (Lipinski definition) is 1. The SMILES string of the molecule is CC1CC(N)(C(=O)OC(C)(C)C)C1. The summed E-state index contributed by atoms with van der Waals surface area (Å²) in [6.07, 6.45) is 1.50. The van der Waals surface area contributed by atoms with Gasteiger partial charge in [0.05, 0.1) is 0 Å². The summed E-state index contributed by atoms with van der Waals surface area (Å²) in [6, 6.07) is 0. The molecule has 0 radical (unpaired) electrons. The van der Waals surface area contributed by atoms with Crippen molar-refractivity contribution in [3.63, 3.8) is 0 Å². The standard InChI is InChI=1S/C10H19NO2/c1-7-5-10(11,6-7)8(12)13-9(2,3)4/h7H,5-6,11H2,1-4H3. The zero-order chi connectivity index (χ0) is 10.3. The molecule has 1 aliphatic rings. The van der Waals surface area contributed by atoms with Crippen molar-refractivity contribution in [1.29, 1.82) is 0 Å². The topological polar surface area (TPSA) is 52.3 Å². The molecule has 13 heavy (non-hydrogen) atoms. The highest BCUT2D eigenvalue weighted by atomic mass is 16.6. The van der Waals surface area contributed by atoms with Gasteiger partial charge in [0.1, 0.15) is 11.1 Å². The highest BCUT2D eigenvalue weighted by Gasteiger charge is 2.47. The highest BCUT2D eigenvalue weighted by Crippen LogP contribution is 2.36. The number of nitrogens with two attached hydrogens (primary N) is 1. The van der Waals surface area contributed by atoms with Crippen molar-refractivity contribution in [2.45, 2.75) is 51.7 Å². The molecule has 2 N–H and O–H groups in total. The molecule has 0 aromatic rings. The number of hydrogen-bond acceptors (Lipinski definition) is 3. The van der Waals surface area contributed by atoms with E-state index in [1.165, 1.54) is 0 Å². The lowest BCUT2D eigenvalue weighted by Crippen LogP contribution is -2.59. The molecule has 76 valence electrons. The van der Waals surface area contributed by atoms with Gasteiger partial charge in [-0.2, -0.15) is 0 Å². The van der Waals surface area contributed by atoms with E-state index in [1.54, 1.807) is 0 Å². The van der Waals surface area contributed by atoms with Crippen LogP contribution in [-0.4, -0.2) is 17.1 Å². The van der Waals surface area contributed by atoms with Gasteiger partial charge in [-0.15, -0.1) is 0 Å². The summed E-state index contributed by atoms with van der Waals surface area (Å²) in [4.78, 5) is 11.6. The van der Waals surface area contributed by atoms with Crippen LogP contribution in [0.4, 0.5) is 0 Å².